The van der Waals surface area contributed by atoms with Crippen molar-refractivity contribution in [3.8, 4) is 40.0 Å². The Hall–Kier alpha value is -6.43. The maximum absolute atomic E-state index is 5.17. The van der Waals surface area contributed by atoms with E-state index in [4.69, 9.17) is 19.9 Å². The molecule has 9 aromatic rings. The van der Waals surface area contributed by atoms with Crippen LogP contribution in [0.5, 0.6) is 0 Å². The van der Waals surface area contributed by atoms with Gasteiger partial charge in [0.15, 0.2) is 0 Å². The number of fused-ring (bicyclic) bond motifs is 4. The van der Waals surface area contributed by atoms with Gasteiger partial charge in [0.25, 0.3) is 0 Å². The molecule has 60 heavy (non-hydrogen) atoms. The van der Waals surface area contributed by atoms with Gasteiger partial charge in [-0.3, -0.25) is 9.97 Å². The van der Waals surface area contributed by atoms with Crippen LogP contribution in [0.4, 0.5) is 22.7 Å². The van der Waals surface area contributed by atoms with Crippen LogP contribution in [0.3, 0.4) is 0 Å². The molecule has 298 valence electrons. The predicted octanol–water partition coefficient (Wildman–Crippen LogP) is 12.6. The minimum Gasteiger partial charge on any atom is -0.488 e. The van der Waals surface area contributed by atoms with Gasteiger partial charge in [0.2, 0.25) is 0 Å². The molecule has 0 saturated heterocycles. The molecule has 0 N–H and O–H groups in total. The third kappa shape index (κ3) is 6.97. The third-order valence-corrected chi connectivity index (χ3v) is 11.3. The zero-order valence-electron chi connectivity index (χ0n) is 34.3. The van der Waals surface area contributed by atoms with E-state index in [1.807, 2.05) is 48.7 Å². The number of nitrogens with zero attached hydrogens (tertiary/aromatic N) is 7. The Morgan fingerprint density at radius 3 is 1.98 bits per heavy atom. The zero-order valence-corrected chi connectivity index (χ0v) is 36.6. The Morgan fingerprint density at radius 2 is 1.25 bits per heavy atom. The number of aryl methyl sites for hydroxylation is 3. The number of hydrogen-bond acceptors (Lipinski definition) is 6. The monoisotopic (exact) mass is 959 g/mol. The first kappa shape index (κ1) is 39.1. The van der Waals surface area contributed by atoms with Crippen molar-refractivity contribution >= 4 is 44.6 Å². The fourth-order valence-electron chi connectivity index (χ4n) is 7.84. The van der Waals surface area contributed by atoms with E-state index in [1.54, 1.807) is 0 Å². The second-order valence-corrected chi connectivity index (χ2v) is 16.4. The first-order chi connectivity index (χ1) is 28.6. The van der Waals surface area contributed by atoms with Gasteiger partial charge < -0.3 is 19.4 Å². The molecule has 1 aliphatic heterocycles. The van der Waals surface area contributed by atoms with Crippen LogP contribution in [0.25, 0.3) is 61.8 Å². The van der Waals surface area contributed by atoms with Crippen LogP contribution in [0.2, 0.25) is 0 Å². The molecule has 0 radical (unpaired) electrons. The molecule has 0 saturated carbocycles. The van der Waals surface area contributed by atoms with Crippen molar-refractivity contribution in [3.05, 3.63) is 181 Å². The van der Waals surface area contributed by atoms with E-state index in [2.05, 4.69) is 166 Å². The van der Waals surface area contributed by atoms with Gasteiger partial charge in [-0.05, 0) is 96.2 Å². The van der Waals surface area contributed by atoms with Crippen LogP contribution < -0.4 is 9.80 Å². The van der Waals surface area contributed by atoms with E-state index in [1.165, 1.54) is 22.3 Å². The smallest absolute Gasteiger partial charge is 0.144 e. The van der Waals surface area contributed by atoms with Crippen molar-refractivity contribution in [2.45, 2.75) is 47.0 Å². The summed E-state index contributed by atoms with van der Waals surface area (Å²) in [6.07, 6.45) is 1.90. The maximum atomic E-state index is 5.17. The van der Waals surface area contributed by atoms with E-state index in [0.29, 0.717) is 17.5 Å². The quantitative estimate of drug-likeness (QED) is 0.155. The van der Waals surface area contributed by atoms with E-state index in [0.717, 1.165) is 67.1 Å². The minimum absolute atomic E-state index is 0. The van der Waals surface area contributed by atoms with Crippen molar-refractivity contribution < 1.29 is 21.1 Å². The SMILES string of the molecule is Cc1ccc(N2[CH-]N(c3[c-]c(-c4nc(-c5[c-]c6c(cc5)c5ccccc5n6-c5cc(C(C)(C)C)ccn5)nc(-c5ccccc5)n4)ccc3)c3cc(C)c(C)cc32)cc1.[Pt]. The van der Waals surface area contributed by atoms with Crippen molar-refractivity contribution in [2.24, 2.45) is 0 Å². The summed E-state index contributed by atoms with van der Waals surface area (Å²) in [5.41, 5.74) is 13.4. The van der Waals surface area contributed by atoms with Gasteiger partial charge in [-0.15, -0.1) is 60.3 Å². The van der Waals surface area contributed by atoms with Gasteiger partial charge in [-0.2, -0.15) is 0 Å². The molecule has 0 fully saturated rings. The Labute approximate surface area is 365 Å². The number of benzene rings is 6. The van der Waals surface area contributed by atoms with E-state index in [-0.39, 0.29) is 26.5 Å². The van der Waals surface area contributed by atoms with Crippen LogP contribution in [0.15, 0.2) is 140 Å². The second kappa shape index (κ2) is 15.3. The Morgan fingerprint density at radius 1 is 0.583 bits per heavy atom. The van der Waals surface area contributed by atoms with Gasteiger partial charge in [0.1, 0.15) is 11.6 Å². The summed E-state index contributed by atoms with van der Waals surface area (Å²) >= 11 is 0. The summed E-state index contributed by atoms with van der Waals surface area (Å²) in [5, 5.41) is 2.21. The molecule has 8 heteroatoms. The third-order valence-electron chi connectivity index (χ3n) is 11.3. The zero-order chi connectivity index (χ0) is 40.4. The van der Waals surface area contributed by atoms with E-state index >= 15 is 0 Å². The molecule has 7 nitrogen and oxygen atoms in total. The molecule has 0 bridgehead atoms. The molecule has 0 atom stereocenters. The Bertz CT molecular complexity index is 3060. The molecule has 1 aliphatic rings. The summed E-state index contributed by atoms with van der Waals surface area (Å²) in [6, 6.07) is 53.8. The van der Waals surface area contributed by atoms with Gasteiger partial charge in [-0.1, -0.05) is 98.1 Å². The average molecular weight is 960 g/mol. The van der Waals surface area contributed by atoms with Crippen LogP contribution in [0.1, 0.15) is 43.0 Å². The van der Waals surface area contributed by atoms with Crippen molar-refractivity contribution in [2.75, 3.05) is 9.80 Å². The number of hydrogen-bond donors (Lipinski definition) is 0. The molecule has 4 heterocycles. The summed E-state index contributed by atoms with van der Waals surface area (Å²) in [4.78, 5) is 24.7. The Balaban J connectivity index is 0.00000462. The standard InChI is InChI=1S/C52H42N7.Pt/c1-33-19-22-40(23-20-33)57-32-58(47-28-35(3)34(2)27-46(47)57)41-16-12-15-37(29-41)50-54-49(36-13-8-7-9-14-36)55-51(56-50)38-21-24-43-42-17-10-11-18-44(42)59(45(43)30-38)48-31-39(25-26-53-48)52(4,5)6;/h7-28,31-32H,1-6H3;/q-3;. The molecule has 3 aromatic heterocycles. The van der Waals surface area contributed by atoms with Gasteiger partial charge in [0.05, 0.1) is 11.6 Å². The van der Waals surface area contributed by atoms with Crippen molar-refractivity contribution in [3.63, 3.8) is 0 Å². The fourth-order valence-corrected chi connectivity index (χ4v) is 7.84. The molecule has 0 unspecified atom stereocenters. The molecule has 0 amide bonds. The number of aromatic nitrogens is 5. The summed E-state index contributed by atoms with van der Waals surface area (Å²) < 4.78 is 2.20. The first-order valence-electron chi connectivity index (χ1n) is 20.0. The molecular weight excluding hydrogens is 918 g/mol. The average Bonchev–Trinajstić information content (AvgIpc) is 3.79. The van der Waals surface area contributed by atoms with Gasteiger partial charge in [0, 0.05) is 55.4 Å². The number of anilines is 4. The van der Waals surface area contributed by atoms with Gasteiger partial charge in [-0.25, -0.2) is 4.98 Å². The van der Waals surface area contributed by atoms with E-state index in [9.17, 15) is 0 Å². The van der Waals surface area contributed by atoms with Crippen molar-refractivity contribution in [1.29, 1.82) is 0 Å². The maximum Gasteiger partial charge on any atom is 0.144 e. The molecule has 0 aliphatic carbocycles. The topological polar surface area (TPSA) is 63.0 Å². The minimum atomic E-state index is -0.0383. The predicted molar refractivity (Wildman–Crippen MR) is 240 cm³/mol. The van der Waals surface area contributed by atoms with E-state index < -0.39 is 0 Å². The number of pyridine rings is 1. The summed E-state index contributed by atoms with van der Waals surface area (Å²) in [5.74, 6) is 2.47. The molecule has 10 rings (SSSR count). The normalized spacial score (nSPS) is 12.6. The summed E-state index contributed by atoms with van der Waals surface area (Å²) in [6.45, 7) is 15.3. The fraction of sp³-hybridized carbons (Fsp3) is 0.135. The number of rotatable bonds is 6. The summed E-state index contributed by atoms with van der Waals surface area (Å²) in [7, 11) is 0. The first-order valence-corrected chi connectivity index (χ1v) is 20.0. The van der Waals surface area contributed by atoms with Crippen molar-refractivity contribution in [1.82, 2.24) is 24.5 Å². The number of para-hydroxylation sites is 1. The van der Waals surface area contributed by atoms with Crippen LogP contribution in [-0.2, 0) is 26.5 Å². The molecule has 0 spiro atoms. The van der Waals surface area contributed by atoms with Crippen LogP contribution in [0, 0.1) is 39.6 Å². The molecular formula is C52H42N7Pt-3. The van der Waals surface area contributed by atoms with Crippen LogP contribution in [-0.4, -0.2) is 24.5 Å². The van der Waals surface area contributed by atoms with Gasteiger partial charge >= 0.3 is 0 Å². The van der Waals surface area contributed by atoms with Crippen LogP contribution >= 0.6 is 0 Å². The Kier molecular flexibility index (Phi) is 9.96. The largest absolute Gasteiger partial charge is 0.488 e. The second-order valence-electron chi connectivity index (χ2n) is 16.4. The molecule has 6 aromatic carbocycles.